The summed E-state index contributed by atoms with van der Waals surface area (Å²) in [6.45, 7) is -0.159. The van der Waals surface area contributed by atoms with Crippen LogP contribution in [0.15, 0.2) is 24.3 Å². The van der Waals surface area contributed by atoms with Crippen LogP contribution in [0.5, 0.6) is 0 Å². The molecular formula is C11H13ClN2O2S. The molecule has 0 spiro atoms. The minimum absolute atomic E-state index is 0.159. The molecule has 0 bridgehead atoms. The number of thiocarbonyl (C=S) groups is 1. The van der Waals surface area contributed by atoms with Crippen molar-refractivity contribution in [2.24, 2.45) is 5.73 Å². The van der Waals surface area contributed by atoms with Gasteiger partial charge in [-0.1, -0.05) is 42.0 Å². The number of carbonyl (C=O) groups is 1. The van der Waals surface area contributed by atoms with Crippen molar-refractivity contribution in [2.75, 3.05) is 13.6 Å². The SMILES string of the molecule is CN(CC(=O)O)C(C(N)=S)c1ccccc1Cl. The van der Waals surface area contributed by atoms with Gasteiger partial charge in [-0.3, -0.25) is 9.69 Å². The number of likely N-dealkylation sites (N-methyl/N-ethyl adjacent to an activating group) is 1. The van der Waals surface area contributed by atoms with Gasteiger partial charge in [-0.2, -0.15) is 0 Å². The monoisotopic (exact) mass is 272 g/mol. The first-order valence-electron chi connectivity index (χ1n) is 4.89. The number of halogens is 1. The lowest BCUT2D eigenvalue weighted by atomic mass is 10.1. The Labute approximate surface area is 110 Å². The predicted octanol–water partition coefficient (Wildman–Crippen LogP) is 1.68. The quantitative estimate of drug-likeness (QED) is 0.799. The third-order valence-electron chi connectivity index (χ3n) is 2.29. The summed E-state index contributed by atoms with van der Waals surface area (Å²) < 4.78 is 0. The molecule has 1 atom stereocenters. The van der Waals surface area contributed by atoms with Crippen molar-refractivity contribution in [1.29, 1.82) is 0 Å². The van der Waals surface area contributed by atoms with Crippen molar-refractivity contribution in [2.45, 2.75) is 6.04 Å². The van der Waals surface area contributed by atoms with E-state index in [1.807, 2.05) is 0 Å². The summed E-state index contributed by atoms with van der Waals surface area (Å²) in [6.07, 6.45) is 0. The number of carboxylic acids is 1. The fraction of sp³-hybridized carbons (Fsp3) is 0.273. The van der Waals surface area contributed by atoms with Crippen LogP contribution in [0.4, 0.5) is 0 Å². The third-order valence-corrected chi connectivity index (χ3v) is 2.86. The number of nitrogens with zero attached hydrogens (tertiary/aromatic N) is 1. The molecule has 0 fully saturated rings. The van der Waals surface area contributed by atoms with Crippen molar-refractivity contribution in [3.8, 4) is 0 Å². The Kier molecular flexibility index (Phi) is 4.86. The second-order valence-electron chi connectivity index (χ2n) is 3.64. The molecule has 1 aromatic rings. The molecule has 0 aliphatic carbocycles. The Balaban J connectivity index is 3.06. The minimum Gasteiger partial charge on any atom is -0.480 e. The molecule has 1 rings (SSSR count). The van der Waals surface area contributed by atoms with Crippen LogP contribution in [0.2, 0.25) is 5.02 Å². The number of hydrogen-bond acceptors (Lipinski definition) is 3. The van der Waals surface area contributed by atoms with Crippen molar-refractivity contribution in [3.63, 3.8) is 0 Å². The van der Waals surface area contributed by atoms with E-state index in [9.17, 15) is 4.79 Å². The van der Waals surface area contributed by atoms with Gasteiger partial charge in [-0.25, -0.2) is 0 Å². The van der Waals surface area contributed by atoms with Gasteiger partial charge in [0, 0.05) is 5.02 Å². The highest BCUT2D eigenvalue weighted by molar-refractivity contribution is 7.80. The first kappa shape index (κ1) is 13.9. The van der Waals surface area contributed by atoms with Crippen molar-refractivity contribution in [1.82, 2.24) is 4.90 Å². The highest BCUT2D eigenvalue weighted by Gasteiger charge is 2.23. The zero-order chi connectivity index (χ0) is 13.0. The second kappa shape index (κ2) is 5.95. The van der Waals surface area contributed by atoms with Gasteiger partial charge < -0.3 is 10.8 Å². The Morgan fingerprint density at radius 1 is 1.59 bits per heavy atom. The second-order valence-corrected chi connectivity index (χ2v) is 4.51. The van der Waals surface area contributed by atoms with Gasteiger partial charge in [0.25, 0.3) is 0 Å². The van der Waals surface area contributed by atoms with E-state index < -0.39 is 12.0 Å². The molecule has 0 aliphatic heterocycles. The highest BCUT2D eigenvalue weighted by atomic mass is 35.5. The molecule has 0 aliphatic rings. The molecule has 0 amide bonds. The van der Waals surface area contributed by atoms with E-state index in [0.717, 1.165) is 0 Å². The lowest BCUT2D eigenvalue weighted by molar-refractivity contribution is -0.138. The third kappa shape index (κ3) is 3.66. The molecule has 6 heteroatoms. The van der Waals surface area contributed by atoms with Crippen LogP contribution >= 0.6 is 23.8 Å². The van der Waals surface area contributed by atoms with E-state index >= 15 is 0 Å². The van der Waals surface area contributed by atoms with Crippen LogP contribution in [0, 0.1) is 0 Å². The average Bonchev–Trinajstić information content (AvgIpc) is 2.19. The van der Waals surface area contributed by atoms with Crippen LogP contribution in [-0.2, 0) is 4.79 Å². The topological polar surface area (TPSA) is 66.6 Å². The Morgan fingerprint density at radius 3 is 2.65 bits per heavy atom. The average molecular weight is 273 g/mol. The number of nitrogens with two attached hydrogens (primary N) is 1. The van der Waals surface area contributed by atoms with Crippen LogP contribution < -0.4 is 5.73 Å². The number of carboxylic acid groups (broad SMARTS) is 1. The first-order chi connectivity index (χ1) is 7.93. The highest BCUT2D eigenvalue weighted by Crippen LogP contribution is 2.26. The van der Waals surface area contributed by atoms with E-state index in [4.69, 9.17) is 34.7 Å². The van der Waals surface area contributed by atoms with Gasteiger partial charge in [-0.05, 0) is 18.7 Å². The lowest BCUT2D eigenvalue weighted by Crippen LogP contribution is -2.37. The zero-order valence-corrected chi connectivity index (χ0v) is 10.8. The molecule has 17 heavy (non-hydrogen) atoms. The smallest absolute Gasteiger partial charge is 0.317 e. The Bertz CT molecular complexity index is 439. The van der Waals surface area contributed by atoms with E-state index in [0.29, 0.717) is 10.6 Å². The summed E-state index contributed by atoms with van der Waals surface area (Å²) in [5.74, 6) is -0.944. The molecule has 0 radical (unpaired) electrons. The maximum Gasteiger partial charge on any atom is 0.317 e. The van der Waals surface area contributed by atoms with Gasteiger partial charge in [0.15, 0.2) is 0 Å². The van der Waals surface area contributed by atoms with Crippen LogP contribution in [-0.4, -0.2) is 34.6 Å². The molecule has 0 aromatic heterocycles. The summed E-state index contributed by atoms with van der Waals surface area (Å²) in [6, 6.07) is 6.62. The normalized spacial score (nSPS) is 12.4. The molecule has 1 aromatic carbocycles. The lowest BCUT2D eigenvalue weighted by Gasteiger charge is -2.26. The van der Waals surface area contributed by atoms with E-state index in [1.165, 1.54) is 0 Å². The fourth-order valence-electron chi connectivity index (χ4n) is 1.61. The van der Waals surface area contributed by atoms with Crippen molar-refractivity contribution >= 4 is 34.8 Å². The molecular weight excluding hydrogens is 260 g/mol. The van der Waals surface area contributed by atoms with Gasteiger partial charge >= 0.3 is 5.97 Å². The number of benzene rings is 1. The van der Waals surface area contributed by atoms with E-state index in [2.05, 4.69) is 0 Å². The van der Waals surface area contributed by atoms with Gasteiger partial charge in [0.1, 0.15) is 0 Å². The molecule has 92 valence electrons. The molecule has 0 heterocycles. The van der Waals surface area contributed by atoms with Gasteiger partial charge in [-0.15, -0.1) is 0 Å². The molecule has 4 nitrogen and oxygen atoms in total. The summed E-state index contributed by atoms with van der Waals surface area (Å²) in [7, 11) is 1.64. The van der Waals surface area contributed by atoms with Crippen molar-refractivity contribution < 1.29 is 9.90 Å². The Hall–Kier alpha value is -1.17. The summed E-state index contributed by atoms with van der Waals surface area (Å²) in [5, 5.41) is 9.29. The fourth-order valence-corrected chi connectivity index (χ4v) is 2.16. The maximum absolute atomic E-state index is 10.7. The van der Waals surface area contributed by atoms with Gasteiger partial charge in [0.2, 0.25) is 0 Å². The number of aliphatic carboxylic acids is 1. The maximum atomic E-state index is 10.7. The zero-order valence-electron chi connectivity index (χ0n) is 9.26. The number of hydrogen-bond donors (Lipinski definition) is 2. The van der Waals surface area contributed by atoms with Crippen molar-refractivity contribution in [3.05, 3.63) is 34.9 Å². The van der Waals surface area contributed by atoms with Crippen LogP contribution in [0.3, 0.4) is 0 Å². The van der Waals surface area contributed by atoms with E-state index in [1.54, 1.807) is 36.2 Å². The van der Waals surface area contributed by atoms with Crippen LogP contribution in [0.25, 0.3) is 0 Å². The minimum atomic E-state index is -0.944. The van der Waals surface area contributed by atoms with E-state index in [-0.39, 0.29) is 11.5 Å². The standard InChI is InChI=1S/C11H13ClN2O2S/c1-14(6-9(15)16)10(11(13)17)7-4-2-3-5-8(7)12/h2-5,10H,6H2,1H3,(H2,13,17)(H,15,16). The molecule has 0 saturated heterocycles. The van der Waals surface area contributed by atoms with Crippen LogP contribution in [0.1, 0.15) is 11.6 Å². The predicted molar refractivity (Wildman–Crippen MR) is 71.2 cm³/mol. The molecule has 3 N–H and O–H groups in total. The number of rotatable bonds is 5. The summed E-state index contributed by atoms with van der Waals surface area (Å²) in [4.78, 5) is 12.4. The molecule has 0 saturated carbocycles. The Morgan fingerprint density at radius 2 is 2.18 bits per heavy atom. The summed E-state index contributed by atoms with van der Waals surface area (Å²) in [5.41, 5.74) is 6.37. The van der Waals surface area contributed by atoms with Gasteiger partial charge in [0.05, 0.1) is 17.6 Å². The summed E-state index contributed by atoms with van der Waals surface area (Å²) >= 11 is 11.0. The largest absolute Gasteiger partial charge is 0.480 e. The molecule has 1 unspecified atom stereocenters. The first-order valence-corrected chi connectivity index (χ1v) is 5.68.